The van der Waals surface area contributed by atoms with E-state index in [0.29, 0.717) is 18.5 Å². The molecule has 3 rings (SSSR count). The predicted molar refractivity (Wildman–Crippen MR) is 90.3 cm³/mol. The van der Waals surface area contributed by atoms with Crippen LogP contribution in [0.4, 0.5) is 0 Å². The van der Waals surface area contributed by atoms with E-state index in [1.54, 1.807) is 18.2 Å². The number of benzene rings is 1. The Hall–Kier alpha value is -2.56. The summed E-state index contributed by atoms with van der Waals surface area (Å²) in [6, 6.07) is 11.0. The number of nitrogens with zero attached hydrogens (tertiary/aromatic N) is 2. The first-order chi connectivity index (χ1) is 11.6. The monoisotopic (exact) mass is 326 g/mol. The van der Waals surface area contributed by atoms with Gasteiger partial charge in [-0.05, 0) is 43.2 Å². The Morgan fingerprint density at radius 2 is 2.04 bits per heavy atom. The van der Waals surface area contributed by atoms with Crippen molar-refractivity contribution in [1.29, 1.82) is 0 Å². The van der Waals surface area contributed by atoms with Gasteiger partial charge in [-0.15, -0.1) is 0 Å². The summed E-state index contributed by atoms with van der Waals surface area (Å²) >= 11 is 0. The molecule has 2 aromatic rings. The van der Waals surface area contributed by atoms with Crippen LogP contribution in [0.5, 0.6) is 0 Å². The van der Waals surface area contributed by atoms with Crippen molar-refractivity contribution < 1.29 is 14.0 Å². The van der Waals surface area contributed by atoms with Crippen LogP contribution in [0.15, 0.2) is 47.1 Å². The van der Waals surface area contributed by atoms with Gasteiger partial charge in [0, 0.05) is 32.1 Å². The Labute approximate surface area is 141 Å². The van der Waals surface area contributed by atoms with Crippen LogP contribution in [0.2, 0.25) is 0 Å². The molecule has 1 atom stereocenters. The van der Waals surface area contributed by atoms with Gasteiger partial charge in [0.1, 0.15) is 5.76 Å². The van der Waals surface area contributed by atoms with Crippen LogP contribution in [0, 0.1) is 0 Å². The number of hydrogen-bond acceptors (Lipinski definition) is 3. The Kier molecular flexibility index (Phi) is 4.69. The van der Waals surface area contributed by atoms with E-state index in [1.165, 1.54) is 0 Å². The van der Waals surface area contributed by atoms with Crippen LogP contribution >= 0.6 is 0 Å². The lowest BCUT2D eigenvalue weighted by Gasteiger charge is -2.23. The fourth-order valence-electron chi connectivity index (χ4n) is 2.94. The molecule has 0 saturated carbocycles. The van der Waals surface area contributed by atoms with Gasteiger partial charge in [-0.3, -0.25) is 9.59 Å². The lowest BCUT2D eigenvalue weighted by Crippen LogP contribution is -2.29. The molecule has 1 aliphatic rings. The summed E-state index contributed by atoms with van der Waals surface area (Å²) in [5, 5.41) is 0. The molecule has 126 valence electrons. The summed E-state index contributed by atoms with van der Waals surface area (Å²) in [7, 11) is 1.77. The number of likely N-dealkylation sites (tertiary alicyclic amines) is 1. The third kappa shape index (κ3) is 3.35. The van der Waals surface area contributed by atoms with E-state index in [4.69, 9.17) is 4.42 Å². The third-order valence-electron chi connectivity index (χ3n) is 4.60. The second-order valence-corrected chi connectivity index (χ2v) is 6.22. The minimum absolute atomic E-state index is 0.0531. The molecule has 1 aromatic carbocycles. The zero-order valence-corrected chi connectivity index (χ0v) is 14.1. The fourth-order valence-corrected chi connectivity index (χ4v) is 2.94. The SMILES string of the molecule is CC(c1ccco1)N(C)C(=O)c1ccc(CN2CCCC2=O)cc1. The normalized spacial score (nSPS) is 15.6. The largest absolute Gasteiger partial charge is 0.467 e. The number of amides is 2. The predicted octanol–water partition coefficient (Wildman–Crippen LogP) is 3.24. The van der Waals surface area contributed by atoms with E-state index in [1.807, 2.05) is 48.2 Å². The molecule has 2 amide bonds. The van der Waals surface area contributed by atoms with E-state index in [9.17, 15) is 9.59 Å². The molecular weight excluding hydrogens is 304 g/mol. The molecule has 1 saturated heterocycles. The van der Waals surface area contributed by atoms with Crippen molar-refractivity contribution >= 4 is 11.8 Å². The molecule has 0 spiro atoms. The highest BCUT2D eigenvalue weighted by molar-refractivity contribution is 5.94. The average molecular weight is 326 g/mol. The summed E-state index contributed by atoms with van der Waals surface area (Å²) < 4.78 is 5.37. The van der Waals surface area contributed by atoms with Crippen LogP contribution in [0.1, 0.15) is 47.5 Å². The molecule has 1 aliphatic heterocycles. The number of carbonyl (C=O) groups excluding carboxylic acids is 2. The summed E-state index contributed by atoms with van der Waals surface area (Å²) in [6.45, 7) is 3.37. The molecule has 0 aliphatic carbocycles. The number of furan rings is 1. The van der Waals surface area contributed by atoms with Gasteiger partial charge >= 0.3 is 0 Å². The standard InChI is InChI=1S/C19H22N2O3/c1-14(17-5-4-12-24-17)20(2)19(23)16-9-7-15(8-10-16)13-21-11-3-6-18(21)22/h4-5,7-10,12,14H,3,6,11,13H2,1-2H3. The topological polar surface area (TPSA) is 53.8 Å². The molecular formula is C19H22N2O3. The highest BCUT2D eigenvalue weighted by atomic mass is 16.3. The van der Waals surface area contributed by atoms with Crippen molar-refractivity contribution in [3.05, 3.63) is 59.5 Å². The molecule has 5 nitrogen and oxygen atoms in total. The smallest absolute Gasteiger partial charge is 0.254 e. The Morgan fingerprint density at radius 1 is 1.29 bits per heavy atom. The van der Waals surface area contributed by atoms with Crippen molar-refractivity contribution in [3.63, 3.8) is 0 Å². The zero-order valence-electron chi connectivity index (χ0n) is 14.1. The molecule has 0 N–H and O–H groups in total. The lowest BCUT2D eigenvalue weighted by molar-refractivity contribution is -0.128. The molecule has 1 unspecified atom stereocenters. The second-order valence-electron chi connectivity index (χ2n) is 6.22. The average Bonchev–Trinajstić information content (AvgIpc) is 3.26. The van der Waals surface area contributed by atoms with E-state index < -0.39 is 0 Å². The van der Waals surface area contributed by atoms with E-state index in [-0.39, 0.29) is 17.9 Å². The van der Waals surface area contributed by atoms with Crippen LogP contribution in [-0.4, -0.2) is 35.2 Å². The fraction of sp³-hybridized carbons (Fsp3) is 0.368. The maximum absolute atomic E-state index is 12.6. The third-order valence-corrected chi connectivity index (χ3v) is 4.60. The van der Waals surface area contributed by atoms with Crippen molar-refractivity contribution in [2.24, 2.45) is 0 Å². The summed E-state index contributed by atoms with van der Waals surface area (Å²) in [5.74, 6) is 0.917. The van der Waals surface area contributed by atoms with Gasteiger partial charge in [-0.25, -0.2) is 0 Å². The summed E-state index contributed by atoms with van der Waals surface area (Å²) in [6.07, 6.45) is 3.19. The molecule has 2 heterocycles. The highest BCUT2D eigenvalue weighted by Gasteiger charge is 2.22. The van der Waals surface area contributed by atoms with Crippen molar-refractivity contribution in [3.8, 4) is 0 Å². The Bertz CT molecular complexity index is 707. The Morgan fingerprint density at radius 3 is 2.62 bits per heavy atom. The minimum atomic E-state index is -0.130. The molecule has 1 aromatic heterocycles. The van der Waals surface area contributed by atoms with Gasteiger partial charge in [0.25, 0.3) is 5.91 Å². The summed E-state index contributed by atoms with van der Waals surface area (Å²) in [4.78, 5) is 27.8. The molecule has 0 radical (unpaired) electrons. The Balaban J connectivity index is 1.66. The number of hydrogen-bond donors (Lipinski definition) is 0. The van der Waals surface area contributed by atoms with Crippen molar-refractivity contribution in [2.45, 2.75) is 32.4 Å². The molecule has 5 heteroatoms. The van der Waals surface area contributed by atoms with Gasteiger partial charge in [0.05, 0.1) is 12.3 Å². The highest BCUT2D eigenvalue weighted by Crippen LogP contribution is 2.21. The van der Waals surface area contributed by atoms with Crippen LogP contribution in [-0.2, 0) is 11.3 Å². The van der Waals surface area contributed by atoms with Crippen molar-refractivity contribution in [2.75, 3.05) is 13.6 Å². The van der Waals surface area contributed by atoms with E-state index in [2.05, 4.69) is 0 Å². The maximum Gasteiger partial charge on any atom is 0.254 e. The first-order valence-corrected chi connectivity index (χ1v) is 8.23. The summed E-state index contributed by atoms with van der Waals surface area (Å²) in [5.41, 5.74) is 1.68. The van der Waals surface area contributed by atoms with Gasteiger partial charge < -0.3 is 14.2 Å². The van der Waals surface area contributed by atoms with Crippen LogP contribution in [0.25, 0.3) is 0 Å². The maximum atomic E-state index is 12.6. The first-order valence-electron chi connectivity index (χ1n) is 8.23. The second kappa shape index (κ2) is 6.91. The van der Waals surface area contributed by atoms with Crippen LogP contribution in [0.3, 0.4) is 0 Å². The van der Waals surface area contributed by atoms with E-state index in [0.717, 1.165) is 24.3 Å². The molecule has 24 heavy (non-hydrogen) atoms. The first kappa shape index (κ1) is 16.3. The van der Waals surface area contributed by atoms with Gasteiger partial charge in [-0.1, -0.05) is 12.1 Å². The quantitative estimate of drug-likeness (QED) is 0.847. The molecule has 1 fully saturated rings. The zero-order chi connectivity index (χ0) is 17.1. The van der Waals surface area contributed by atoms with Crippen LogP contribution < -0.4 is 0 Å². The van der Waals surface area contributed by atoms with Gasteiger partial charge in [0.15, 0.2) is 0 Å². The number of carbonyl (C=O) groups is 2. The minimum Gasteiger partial charge on any atom is -0.467 e. The van der Waals surface area contributed by atoms with Gasteiger partial charge in [-0.2, -0.15) is 0 Å². The molecule has 0 bridgehead atoms. The van der Waals surface area contributed by atoms with Gasteiger partial charge in [0.2, 0.25) is 5.91 Å². The van der Waals surface area contributed by atoms with E-state index >= 15 is 0 Å². The van der Waals surface area contributed by atoms with Crippen molar-refractivity contribution in [1.82, 2.24) is 9.80 Å². The number of rotatable bonds is 5. The lowest BCUT2D eigenvalue weighted by atomic mass is 10.1.